The fourth-order valence-electron chi connectivity index (χ4n) is 1.19. The second kappa shape index (κ2) is 5.00. The molecule has 0 saturated heterocycles. The Bertz CT molecular complexity index is 339. The van der Waals surface area contributed by atoms with Crippen molar-refractivity contribution in [2.24, 2.45) is 5.73 Å². The van der Waals surface area contributed by atoms with Crippen LogP contribution in [0.1, 0.15) is 18.4 Å². The molecule has 1 rings (SSSR count). The summed E-state index contributed by atoms with van der Waals surface area (Å²) in [5, 5.41) is 0. The molecule has 76 valence electrons. The van der Waals surface area contributed by atoms with Gasteiger partial charge in [0.1, 0.15) is 0 Å². The number of hydrogen-bond donors (Lipinski definition) is 1. The van der Waals surface area contributed by atoms with Gasteiger partial charge < -0.3 is 5.73 Å². The Kier molecular flexibility index (Phi) is 3.95. The minimum Gasteiger partial charge on any atom is -0.393 e. The largest absolute Gasteiger partial charge is 0.393 e. The van der Waals surface area contributed by atoms with E-state index in [1.807, 2.05) is 0 Å². The van der Waals surface area contributed by atoms with Crippen molar-refractivity contribution >= 4 is 17.2 Å². The smallest absolute Gasteiger partial charge is 0.162 e. The summed E-state index contributed by atoms with van der Waals surface area (Å²) in [6, 6.07) is 4.17. The van der Waals surface area contributed by atoms with Crippen molar-refractivity contribution < 1.29 is 8.78 Å². The van der Waals surface area contributed by atoms with Gasteiger partial charge in [0.2, 0.25) is 0 Å². The molecule has 2 N–H and O–H groups in total. The summed E-state index contributed by atoms with van der Waals surface area (Å²) in [6.45, 7) is 0. The number of aryl methyl sites for hydroxylation is 1. The van der Waals surface area contributed by atoms with Crippen molar-refractivity contribution in [3.05, 3.63) is 35.4 Å². The summed E-state index contributed by atoms with van der Waals surface area (Å²) in [5.74, 6) is -1.58. The highest BCUT2D eigenvalue weighted by Gasteiger charge is 2.06. The molecule has 0 heterocycles. The molecule has 0 unspecified atom stereocenters. The van der Waals surface area contributed by atoms with Crippen molar-refractivity contribution in [3.8, 4) is 0 Å². The fraction of sp³-hybridized carbons (Fsp3) is 0.300. The zero-order valence-electron chi connectivity index (χ0n) is 7.59. The number of benzene rings is 1. The van der Waals surface area contributed by atoms with Crippen LogP contribution in [0.25, 0.3) is 0 Å². The first-order valence-corrected chi connectivity index (χ1v) is 4.73. The average Bonchev–Trinajstić information content (AvgIpc) is 2.12. The van der Waals surface area contributed by atoms with Gasteiger partial charge in [-0.05, 0) is 30.9 Å². The molecule has 1 aromatic carbocycles. The Morgan fingerprint density at radius 3 is 2.71 bits per heavy atom. The van der Waals surface area contributed by atoms with Crippen molar-refractivity contribution in [2.75, 3.05) is 0 Å². The van der Waals surface area contributed by atoms with Crippen LogP contribution >= 0.6 is 12.2 Å². The highest BCUT2D eigenvalue weighted by molar-refractivity contribution is 7.80. The molecule has 0 aliphatic rings. The third-order valence-electron chi connectivity index (χ3n) is 1.90. The van der Waals surface area contributed by atoms with Crippen molar-refractivity contribution in [2.45, 2.75) is 19.3 Å². The number of rotatable bonds is 4. The third-order valence-corrected chi connectivity index (χ3v) is 2.10. The monoisotopic (exact) mass is 215 g/mol. The standard InChI is InChI=1S/C10H11F2NS/c11-8-5-1-3-7(10(8)12)4-2-6-9(13)14/h1,3,5H,2,4,6H2,(H2,13,14). The molecule has 0 aliphatic heterocycles. The minimum absolute atomic E-state index is 0.376. The Balaban J connectivity index is 2.59. The normalized spacial score (nSPS) is 10.1. The summed E-state index contributed by atoms with van der Waals surface area (Å²) in [7, 11) is 0. The van der Waals surface area contributed by atoms with Gasteiger partial charge in [0.05, 0.1) is 4.99 Å². The Morgan fingerprint density at radius 1 is 1.36 bits per heavy atom. The topological polar surface area (TPSA) is 26.0 Å². The summed E-state index contributed by atoms with van der Waals surface area (Å²) in [6.07, 6.45) is 1.67. The highest BCUT2D eigenvalue weighted by atomic mass is 32.1. The molecular weight excluding hydrogens is 204 g/mol. The molecule has 0 atom stereocenters. The van der Waals surface area contributed by atoms with Crippen LogP contribution in [0.15, 0.2) is 18.2 Å². The first-order chi connectivity index (χ1) is 6.61. The second-order valence-electron chi connectivity index (χ2n) is 3.03. The molecule has 0 saturated carbocycles. The summed E-state index contributed by atoms with van der Waals surface area (Å²) in [4.78, 5) is 0.404. The van der Waals surface area contributed by atoms with E-state index in [1.54, 1.807) is 6.07 Å². The van der Waals surface area contributed by atoms with E-state index in [0.29, 0.717) is 29.8 Å². The third kappa shape index (κ3) is 3.03. The van der Waals surface area contributed by atoms with Gasteiger partial charge in [-0.15, -0.1) is 0 Å². The maximum Gasteiger partial charge on any atom is 0.162 e. The molecule has 0 radical (unpaired) electrons. The highest BCUT2D eigenvalue weighted by Crippen LogP contribution is 2.13. The van der Waals surface area contributed by atoms with Gasteiger partial charge >= 0.3 is 0 Å². The summed E-state index contributed by atoms with van der Waals surface area (Å²) in [5.41, 5.74) is 5.66. The maximum atomic E-state index is 13.1. The lowest BCUT2D eigenvalue weighted by Crippen LogP contribution is -2.07. The Hall–Kier alpha value is -1.03. The molecule has 14 heavy (non-hydrogen) atoms. The second-order valence-corrected chi connectivity index (χ2v) is 3.56. The van der Waals surface area contributed by atoms with Crippen LogP contribution in [-0.2, 0) is 6.42 Å². The molecule has 0 aliphatic carbocycles. The Labute approximate surface area is 86.9 Å². The first-order valence-electron chi connectivity index (χ1n) is 4.32. The molecule has 4 heteroatoms. The zero-order valence-corrected chi connectivity index (χ0v) is 8.41. The van der Waals surface area contributed by atoms with E-state index in [-0.39, 0.29) is 0 Å². The van der Waals surface area contributed by atoms with Crippen LogP contribution in [0.4, 0.5) is 8.78 Å². The summed E-state index contributed by atoms with van der Waals surface area (Å²) >= 11 is 4.68. The number of nitrogens with two attached hydrogens (primary N) is 1. The van der Waals surface area contributed by atoms with Crippen LogP contribution in [0, 0.1) is 11.6 Å². The van der Waals surface area contributed by atoms with E-state index >= 15 is 0 Å². The summed E-state index contributed by atoms with van der Waals surface area (Å²) < 4.78 is 25.8. The predicted molar refractivity (Wildman–Crippen MR) is 56.1 cm³/mol. The maximum absolute atomic E-state index is 13.1. The first kappa shape index (κ1) is 11.0. The molecule has 1 nitrogen and oxygen atoms in total. The van der Waals surface area contributed by atoms with Gasteiger partial charge in [0, 0.05) is 0 Å². The van der Waals surface area contributed by atoms with E-state index in [0.717, 1.165) is 6.07 Å². The van der Waals surface area contributed by atoms with Crippen molar-refractivity contribution in [1.29, 1.82) is 0 Å². The van der Waals surface area contributed by atoms with Crippen molar-refractivity contribution in [3.63, 3.8) is 0 Å². The fourth-order valence-corrected chi connectivity index (χ4v) is 1.34. The van der Waals surface area contributed by atoms with Gasteiger partial charge in [-0.1, -0.05) is 24.4 Å². The van der Waals surface area contributed by atoms with Crippen LogP contribution in [0.3, 0.4) is 0 Å². The van der Waals surface area contributed by atoms with E-state index in [4.69, 9.17) is 5.73 Å². The predicted octanol–water partition coefficient (Wildman–Crippen LogP) is 2.57. The molecule has 0 bridgehead atoms. The van der Waals surface area contributed by atoms with E-state index in [2.05, 4.69) is 12.2 Å². The molecule has 0 spiro atoms. The average molecular weight is 215 g/mol. The number of halogens is 2. The lowest BCUT2D eigenvalue weighted by molar-refractivity contribution is 0.497. The molecular formula is C10H11F2NS. The van der Waals surface area contributed by atoms with Gasteiger partial charge in [0.25, 0.3) is 0 Å². The molecule has 0 amide bonds. The van der Waals surface area contributed by atoms with Gasteiger partial charge in [-0.3, -0.25) is 0 Å². The van der Waals surface area contributed by atoms with Crippen LogP contribution in [0.5, 0.6) is 0 Å². The Morgan fingerprint density at radius 2 is 2.07 bits per heavy atom. The number of hydrogen-bond acceptors (Lipinski definition) is 1. The van der Waals surface area contributed by atoms with Crippen LogP contribution in [-0.4, -0.2) is 4.99 Å². The van der Waals surface area contributed by atoms with Gasteiger partial charge in [0.15, 0.2) is 11.6 Å². The van der Waals surface area contributed by atoms with Gasteiger partial charge in [-0.2, -0.15) is 0 Å². The van der Waals surface area contributed by atoms with E-state index in [1.165, 1.54) is 6.07 Å². The van der Waals surface area contributed by atoms with Gasteiger partial charge in [-0.25, -0.2) is 8.78 Å². The molecule has 0 aromatic heterocycles. The van der Waals surface area contributed by atoms with Crippen LogP contribution < -0.4 is 5.73 Å². The molecule has 0 fully saturated rings. The zero-order chi connectivity index (χ0) is 10.6. The molecule has 1 aromatic rings. The van der Waals surface area contributed by atoms with E-state index in [9.17, 15) is 8.78 Å². The lowest BCUT2D eigenvalue weighted by Gasteiger charge is -2.02. The van der Waals surface area contributed by atoms with E-state index < -0.39 is 11.6 Å². The quantitative estimate of drug-likeness (QED) is 0.781. The van der Waals surface area contributed by atoms with Crippen LogP contribution in [0.2, 0.25) is 0 Å². The number of thiocarbonyl (C=S) groups is 1. The van der Waals surface area contributed by atoms with Crippen molar-refractivity contribution in [1.82, 2.24) is 0 Å². The minimum atomic E-state index is -0.808. The SMILES string of the molecule is NC(=S)CCCc1cccc(F)c1F. The lowest BCUT2D eigenvalue weighted by atomic mass is 10.1.